The molecular formula is C11H13N3O. The van der Waals surface area contributed by atoms with Gasteiger partial charge in [0, 0.05) is 18.3 Å². The van der Waals surface area contributed by atoms with E-state index in [1.54, 1.807) is 18.6 Å². The summed E-state index contributed by atoms with van der Waals surface area (Å²) in [6, 6.07) is 0. The standard InChI is InChI=1S/C11H13N3O/c15-11(9-5-8(9)7-1-2-7)14-10-6-12-3-4-13-10/h3-4,6-9H,1-2,5H2,(H,13,14,15)/t8-,9+/m1/s1. The number of amides is 1. The fourth-order valence-electron chi connectivity index (χ4n) is 2.14. The fraction of sp³-hybridized carbons (Fsp3) is 0.545. The minimum atomic E-state index is 0.118. The molecule has 78 valence electrons. The van der Waals surface area contributed by atoms with E-state index in [4.69, 9.17) is 0 Å². The molecule has 0 saturated heterocycles. The second kappa shape index (κ2) is 3.29. The SMILES string of the molecule is O=C(Nc1cnccn1)[C@H]1C[C@@H]1C1CC1. The van der Waals surface area contributed by atoms with Crippen LogP contribution in [0.15, 0.2) is 18.6 Å². The molecule has 1 aromatic heterocycles. The molecule has 2 aliphatic rings. The molecule has 4 heteroatoms. The van der Waals surface area contributed by atoms with Crippen molar-refractivity contribution in [3.05, 3.63) is 18.6 Å². The number of rotatable bonds is 3. The monoisotopic (exact) mass is 203 g/mol. The van der Waals surface area contributed by atoms with Crippen molar-refractivity contribution in [1.29, 1.82) is 0 Å². The van der Waals surface area contributed by atoms with Gasteiger partial charge >= 0.3 is 0 Å². The Kier molecular flexibility index (Phi) is 1.94. The van der Waals surface area contributed by atoms with Crippen molar-refractivity contribution in [2.24, 2.45) is 17.8 Å². The molecule has 0 aliphatic heterocycles. The number of nitrogens with zero attached hydrogens (tertiary/aromatic N) is 2. The lowest BCUT2D eigenvalue weighted by Crippen LogP contribution is -2.16. The molecule has 2 atom stereocenters. The molecule has 0 bridgehead atoms. The van der Waals surface area contributed by atoms with E-state index in [1.165, 1.54) is 12.8 Å². The molecular weight excluding hydrogens is 190 g/mol. The fourth-order valence-corrected chi connectivity index (χ4v) is 2.14. The molecule has 3 rings (SSSR count). The highest BCUT2D eigenvalue weighted by molar-refractivity contribution is 5.93. The number of carbonyl (C=O) groups excluding carboxylic acids is 1. The van der Waals surface area contributed by atoms with Crippen molar-refractivity contribution in [1.82, 2.24) is 9.97 Å². The average molecular weight is 203 g/mol. The van der Waals surface area contributed by atoms with Crippen LogP contribution in [0.25, 0.3) is 0 Å². The summed E-state index contributed by atoms with van der Waals surface area (Å²) in [5.74, 6) is 2.40. The number of nitrogens with one attached hydrogen (secondary N) is 1. The zero-order valence-electron chi connectivity index (χ0n) is 8.39. The first-order valence-electron chi connectivity index (χ1n) is 5.41. The molecule has 0 radical (unpaired) electrons. The summed E-state index contributed by atoms with van der Waals surface area (Å²) in [4.78, 5) is 19.7. The van der Waals surface area contributed by atoms with Gasteiger partial charge in [-0.05, 0) is 31.1 Å². The lowest BCUT2D eigenvalue weighted by atomic mass is 10.2. The minimum Gasteiger partial charge on any atom is -0.309 e. The zero-order valence-corrected chi connectivity index (χ0v) is 8.39. The van der Waals surface area contributed by atoms with Crippen LogP contribution >= 0.6 is 0 Å². The highest BCUT2D eigenvalue weighted by Crippen LogP contribution is 2.54. The Balaban J connectivity index is 1.58. The van der Waals surface area contributed by atoms with Gasteiger partial charge in [-0.2, -0.15) is 0 Å². The van der Waals surface area contributed by atoms with Crippen LogP contribution in [0.4, 0.5) is 5.82 Å². The number of aromatic nitrogens is 2. The van der Waals surface area contributed by atoms with E-state index < -0.39 is 0 Å². The van der Waals surface area contributed by atoms with Gasteiger partial charge in [0.2, 0.25) is 5.91 Å². The van der Waals surface area contributed by atoms with E-state index in [1.807, 2.05) is 0 Å². The molecule has 1 aromatic rings. The van der Waals surface area contributed by atoms with Gasteiger partial charge in [0.15, 0.2) is 5.82 Å². The maximum atomic E-state index is 11.7. The van der Waals surface area contributed by atoms with Crippen molar-refractivity contribution in [3.63, 3.8) is 0 Å². The summed E-state index contributed by atoms with van der Waals surface area (Å²) in [6.07, 6.45) is 8.46. The number of anilines is 1. The number of hydrogen-bond donors (Lipinski definition) is 1. The number of carbonyl (C=O) groups is 1. The molecule has 1 heterocycles. The minimum absolute atomic E-state index is 0.118. The van der Waals surface area contributed by atoms with Crippen LogP contribution in [0.5, 0.6) is 0 Å². The van der Waals surface area contributed by atoms with Gasteiger partial charge < -0.3 is 5.32 Å². The predicted molar refractivity (Wildman–Crippen MR) is 55.0 cm³/mol. The average Bonchev–Trinajstić information content (AvgIpc) is 3.11. The first-order chi connectivity index (χ1) is 7.34. The lowest BCUT2D eigenvalue weighted by molar-refractivity contribution is -0.117. The van der Waals surface area contributed by atoms with E-state index in [0.29, 0.717) is 11.7 Å². The molecule has 2 saturated carbocycles. The first kappa shape index (κ1) is 8.83. The summed E-state index contributed by atoms with van der Waals surface area (Å²) in [5.41, 5.74) is 0. The second-order valence-corrected chi connectivity index (χ2v) is 4.42. The predicted octanol–water partition coefficient (Wildman–Crippen LogP) is 1.46. The molecule has 1 amide bonds. The highest BCUT2D eigenvalue weighted by Gasteiger charge is 2.51. The van der Waals surface area contributed by atoms with E-state index in [2.05, 4.69) is 15.3 Å². The van der Waals surface area contributed by atoms with Crippen LogP contribution < -0.4 is 5.32 Å². The van der Waals surface area contributed by atoms with Gasteiger partial charge in [-0.3, -0.25) is 9.78 Å². The third-order valence-electron chi connectivity index (χ3n) is 3.22. The van der Waals surface area contributed by atoms with Crippen LogP contribution in [-0.2, 0) is 4.79 Å². The maximum absolute atomic E-state index is 11.7. The second-order valence-electron chi connectivity index (χ2n) is 4.42. The smallest absolute Gasteiger partial charge is 0.228 e. The van der Waals surface area contributed by atoms with Crippen molar-refractivity contribution in [2.45, 2.75) is 19.3 Å². The largest absolute Gasteiger partial charge is 0.309 e. The zero-order chi connectivity index (χ0) is 10.3. The van der Waals surface area contributed by atoms with Crippen LogP contribution in [0.3, 0.4) is 0 Å². The Morgan fingerprint density at radius 2 is 2.27 bits per heavy atom. The Morgan fingerprint density at radius 3 is 2.93 bits per heavy atom. The summed E-state index contributed by atoms with van der Waals surface area (Å²) in [5, 5.41) is 2.80. The Hall–Kier alpha value is -1.45. The van der Waals surface area contributed by atoms with E-state index in [-0.39, 0.29) is 11.8 Å². The molecule has 0 unspecified atom stereocenters. The van der Waals surface area contributed by atoms with Crippen molar-refractivity contribution in [3.8, 4) is 0 Å². The summed E-state index contributed by atoms with van der Waals surface area (Å²) in [7, 11) is 0. The van der Waals surface area contributed by atoms with Crippen molar-refractivity contribution >= 4 is 11.7 Å². The van der Waals surface area contributed by atoms with Crippen LogP contribution in [0, 0.1) is 17.8 Å². The van der Waals surface area contributed by atoms with Crippen LogP contribution in [0.1, 0.15) is 19.3 Å². The van der Waals surface area contributed by atoms with Crippen LogP contribution in [0.2, 0.25) is 0 Å². The number of hydrogen-bond acceptors (Lipinski definition) is 3. The van der Waals surface area contributed by atoms with Gasteiger partial charge in [-0.15, -0.1) is 0 Å². The van der Waals surface area contributed by atoms with Gasteiger partial charge in [-0.25, -0.2) is 4.98 Å². The quantitative estimate of drug-likeness (QED) is 0.809. The van der Waals surface area contributed by atoms with Gasteiger partial charge in [-0.1, -0.05) is 0 Å². The van der Waals surface area contributed by atoms with Gasteiger partial charge in [0.05, 0.1) is 6.20 Å². The van der Waals surface area contributed by atoms with E-state index in [9.17, 15) is 4.79 Å². The molecule has 1 N–H and O–H groups in total. The topological polar surface area (TPSA) is 54.9 Å². The van der Waals surface area contributed by atoms with E-state index >= 15 is 0 Å². The maximum Gasteiger partial charge on any atom is 0.228 e. The third kappa shape index (κ3) is 1.84. The van der Waals surface area contributed by atoms with Crippen molar-refractivity contribution < 1.29 is 4.79 Å². The molecule has 2 aliphatic carbocycles. The molecule has 0 spiro atoms. The summed E-state index contributed by atoms with van der Waals surface area (Å²) >= 11 is 0. The van der Waals surface area contributed by atoms with Crippen molar-refractivity contribution in [2.75, 3.05) is 5.32 Å². The molecule has 15 heavy (non-hydrogen) atoms. The van der Waals surface area contributed by atoms with Gasteiger partial charge in [0.1, 0.15) is 0 Å². The summed E-state index contributed by atoms with van der Waals surface area (Å²) < 4.78 is 0. The Morgan fingerprint density at radius 1 is 1.40 bits per heavy atom. The van der Waals surface area contributed by atoms with Crippen LogP contribution in [-0.4, -0.2) is 15.9 Å². The lowest BCUT2D eigenvalue weighted by Gasteiger charge is -2.02. The highest BCUT2D eigenvalue weighted by atomic mass is 16.2. The molecule has 0 aromatic carbocycles. The van der Waals surface area contributed by atoms with Gasteiger partial charge in [0.25, 0.3) is 0 Å². The Bertz CT molecular complexity index is 375. The van der Waals surface area contributed by atoms with E-state index in [0.717, 1.165) is 12.3 Å². The molecule has 4 nitrogen and oxygen atoms in total. The first-order valence-corrected chi connectivity index (χ1v) is 5.41. The summed E-state index contributed by atoms with van der Waals surface area (Å²) in [6.45, 7) is 0. The Labute approximate surface area is 88.1 Å². The molecule has 2 fully saturated rings. The third-order valence-corrected chi connectivity index (χ3v) is 3.22. The normalized spacial score (nSPS) is 28.5.